The van der Waals surface area contributed by atoms with Crippen LogP contribution in [0.4, 0.5) is 5.69 Å². The minimum atomic E-state index is -3.73. The van der Waals surface area contributed by atoms with Crippen molar-refractivity contribution in [2.24, 2.45) is 0 Å². The second-order valence-electron chi connectivity index (χ2n) is 8.24. The van der Waals surface area contributed by atoms with Crippen molar-refractivity contribution in [3.63, 3.8) is 0 Å². The number of amides is 1. The summed E-state index contributed by atoms with van der Waals surface area (Å²) in [4.78, 5) is 26.1. The largest absolute Gasteiger partial charge is 0.480 e. The molecule has 10 heteroatoms. The lowest BCUT2D eigenvalue weighted by Crippen LogP contribution is -2.40. The molecule has 2 aliphatic heterocycles. The molecule has 9 nitrogen and oxygen atoms in total. The monoisotopic (exact) mass is 481 g/mol. The fourth-order valence-electron chi connectivity index (χ4n) is 4.49. The number of fused-ring (bicyclic) bond motifs is 2. The number of para-hydroxylation sites is 1. The predicted octanol–water partition coefficient (Wildman–Crippen LogP) is 2.26. The minimum Gasteiger partial charge on any atom is -0.480 e. The van der Waals surface area contributed by atoms with E-state index in [4.69, 9.17) is 4.74 Å². The number of benzene rings is 2. The number of likely N-dealkylation sites (N-methyl/N-ethyl adjacent to an activating group) is 1. The van der Waals surface area contributed by atoms with Gasteiger partial charge in [0.1, 0.15) is 6.54 Å². The molecule has 1 fully saturated rings. The number of carbonyl (C=O) groups excluding carboxylic acids is 1. The van der Waals surface area contributed by atoms with Gasteiger partial charge in [0, 0.05) is 53.9 Å². The lowest BCUT2D eigenvalue weighted by molar-refractivity contribution is -0.137. The minimum absolute atomic E-state index is 0.121. The van der Waals surface area contributed by atoms with E-state index in [9.17, 15) is 23.1 Å². The van der Waals surface area contributed by atoms with Gasteiger partial charge in [-0.2, -0.15) is 4.31 Å². The molecule has 3 aromatic rings. The maximum absolute atomic E-state index is 13.2. The van der Waals surface area contributed by atoms with E-state index in [2.05, 4.69) is 0 Å². The summed E-state index contributed by atoms with van der Waals surface area (Å²) in [5, 5.41) is 10.1. The van der Waals surface area contributed by atoms with Gasteiger partial charge < -0.3 is 19.3 Å². The van der Waals surface area contributed by atoms with Crippen LogP contribution < -0.4 is 4.90 Å². The summed E-state index contributed by atoms with van der Waals surface area (Å²) in [5.41, 5.74) is 2.92. The maximum Gasteiger partial charge on any atom is 0.323 e. The Hall–Kier alpha value is -3.47. The van der Waals surface area contributed by atoms with Crippen molar-refractivity contribution in [2.75, 3.05) is 38.3 Å². The summed E-state index contributed by atoms with van der Waals surface area (Å²) >= 11 is 0. The Morgan fingerprint density at radius 1 is 1.15 bits per heavy atom. The summed E-state index contributed by atoms with van der Waals surface area (Å²) < 4.78 is 34.7. The molecule has 0 spiro atoms. The Bertz CT molecular complexity index is 1450. The van der Waals surface area contributed by atoms with Crippen molar-refractivity contribution in [2.45, 2.75) is 11.4 Å². The molecule has 0 unspecified atom stereocenters. The van der Waals surface area contributed by atoms with Crippen LogP contribution in [0, 0.1) is 0 Å². The SMILES string of the molecule is CN1C(=O)/C(=C\c2cn(CC(=O)O)c3ccccc23)c2cc(S(=O)(=O)N3CCOCC3)ccc21. The molecule has 3 heterocycles. The van der Waals surface area contributed by atoms with E-state index >= 15 is 0 Å². The number of morpholine rings is 1. The molecule has 0 saturated carbocycles. The van der Waals surface area contributed by atoms with Crippen LogP contribution in [-0.4, -0.2) is 67.6 Å². The Balaban J connectivity index is 1.62. The number of nitrogens with zero attached hydrogens (tertiary/aromatic N) is 3. The van der Waals surface area contributed by atoms with Crippen LogP contribution in [0.2, 0.25) is 0 Å². The first-order valence-electron chi connectivity index (χ1n) is 10.8. The van der Waals surface area contributed by atoms with Crippen LogP contribution in [0.5, 0.6) is 0 Å². The molecule has 2 aliphatic rings. The third kappa shape index (κ3) is 3.69. The van der Waals surface area contributed by atoms with Gasteiger partial charge in [0.2, 0.25) is 10.0 Å². The number of sulfonamides is 1. The highest BCUT2D eigenvalue weighted by Gasteiger charge is 2.33. The smallest absolute Gasteiger partial charge is 0.323 e. The van der Waals surface area contributed by atoms with Gasteiger partial charge in [-0.05, 0) is 30.3 Å². The number of carboxylic acids is 1. The molecule has 5 rings (SSSR count). The molecule has 1 N–H and O–H groups in total. The van der Waals surface area contributed by atoms with E-state index in [1.165, 1.54) is 15.3 Å². The van der Waals surface area contributed by atoms with Crippen LogP contribution in [0.1, 0.15) is 11.1 Å². The standard InChI is InChI=1S/C24H23N3O6S/c1-25-21-7-6-17(34(31,32)27-8-10-33-11-9-27)13-19(21)20(24(25)30)12-16-14-26(15-23(28)29)22-5-3-2-4-18(16)22/h2-7,12-14H,8-11,15H2,1H3,(H,28,29)/b20-12-. The molecule has 0 aliphatic carbocycles. The van der Waals surface area contributed by atoms with Crippen LogP contribution in [0.25, 0.3) is 22.6 Å². The highest BCUT2D eigenvalue weighted by atomic mass is 32.2. The third-order valence-corrected chi connectivity index (χ3v) is 8.08. The Morgan fingerprint density at radius 3 is 2.62 bits per heavy atom. The normalized spacial score (nSPS) is 18.1. The first-order valence-corrected chi connectivity index (χ1v) is 12.2. The number of anilines is 1. The van der Waals surface area contributed by atoms with Crippen molar-refractivity contribution >= 4 is 50.1 Å². The topological polar surface area (TPSA) is 109 Å². The predicted molar refractivity (Wildman–Crippen MR) is 127 cm³/mol. The zero-order valence-electron chi connectivity index (χ0n) is 18.5. The maximum atomic E-state index is 13.2. The van der Waals surface area contributed by atoms with Gasteiger partial charge in [0.25, 0.3) is 5.91 Å². The van der Waals surface area contributed by atoms with E-state index in [1.54, 1.807) is 36.0 Å². The highest BCUT2D eigenvalue weighted by Crippen LogP contribution is 2.39. The van der Waals surface area contributed by atoms with E-state index in [0.717, 1.165) is 10.9 Å². The molecule has 1 amide bonds. The molecule has 1 aromatic heterocycles. The van der Waals surface area contributed by atoms with Crippen molar-refractivity contribution in [3.05, 3.63) is 59.8 Å². The van der Waals surface area contributed by atoms with Gasteiger partial charge >= 0.3 is 5.97 Å². The van der Waals surface area contributed by atoms with Crippen molar-refractivity contribution < 1.29 is 27.9 Å². The van der Waals surface area contributed by atoms with Gasteiger partial charge in [-0.15, -0.1) is 0 Å². The quantitative estimate of drug-likeness (QED) is 0.560. The zero-order chi connectivity index (χ0) is 24.0. The Labute approximate surface area is 196 Å². The van der Waals surface area contributed by atoms with Crippen molar-refractivity contribution in [1.29, 1.82) is 0 Å². The first kappa shape index (κ1) is 22.3. The van der Waals surface area contributed by atoms with Crippen LogP contribution in [-0.2, 0) is 30.9 Å². The van der Waals surface area contributed by atoms with E-state index in [1.807, 2.05) is 24.3 Å². The third-order valence-electron chi connectivity index (χ3n) is 6.19. The zero-order valence-corrected chi connectivity index (χ0v) is 19.3. The number of aliphatic carboxylic acids is 1. The van der Waals surface area contributed by atoms with Crippen LogP contribution in [0.15, 0.2) is 53.6 Å². The molecule has 176 valence electrons. The van der Waals surface area contributed by atoms with E-state index in [-0.39, 0.29) is 30.4 Å². The lowest BCUT2D eigenvalue weighted by atomic mass is 10.0. The number of hydrogen-bond donors (Lipinski definition) is 1. The molecule has 2 aromatic carbocycles. The highest BCUT2D eigenvalue weighted by molar-refractivity contribution is 7.89. The number of aromatic nitrogens is 1. The summed E-state index contributed by atoms with van der Waals surface area (Å²) in [6.45, 7) is 1.04. The second-order valence-corrected chi connectivity index (χ2v) is 10.2. The summed E-state index contributed by atoms with van der Waals surface area (Å²) in [5.74, 6) is -1.23. The van der Waals surface area contributed by atoms with Crippen molar-refractivity contribution in [3.8, 4) is 0 Å². The van der Waals surface area contributed by atoms with Crippen molar-refractivity contribution in [1.82, 2.24) is 8.87 Å². The van der Waals surface area contributed by atoms with E-state index in [0.29, 0.717) is 35.6 Å². The molecule has 34 heavy (non-hydrogen) atoms. The average Bonchev–Trinajstić information content (AvgIpc) is 3.29. The first-order chi connectivity index (χ1) is 16.3. The summed E-state index contributed by atoms with van der Waals surface area (Å²) in [7, 11) is -2.09. The van der Waals surface area contributed by atoms with Crippen LogP contribution in [0.3, 0.4) is 0 Å². The molecular weight excluding hydrogens is 458 g/mol. The van der Waals surface area contributed by atoms with Crippen LogP contribution >= 0.6 is 0 Å². The summed E-state index contributed by atoms with van der Waals surface area (Å²) in [6, 6.07) is 12.1. The molecular formula is C24H23N3O6S. The number of carbonyl (C=O) groups is 2. The molecule has 0 bridgehead atoms. The number of hydrogen-bond acceptors (Lipinski definition) is 5. The number of rotatable bonds is 5. The van der Waals surface area contributed by atoms with Gasteiger partial charge in [-0.3, -0.25) is 9.59 Å². The summed E-state index contributed by atoms with van der Waals surface area (Å²) in [6.07, 6.45) is 3.40. The van der Waals surface area contributed by atoms with Gasteiger partial charge in [0.05, 0.1) is 23.8 Å². The molecule has 0 atom stereocenters. The molecule has 0 radical (unpaired) electrons. The fourth-order valence-corrected chi connectivity index (χ4v) is 5.92. The molecule has 1 saturated heterocycles. The van der Waals surface area contributed by atoms with Gasteiger partial charge in [-0.25, -0.2) is 8.42 Å². The average molecular weight is 482 g/mol. The number of ether oxygens (including phenoxy) is 1. The second kappa shape index (κ2) is 8.39. The van der Waals surface area contributed by atoms with Gasteiger partial charge in [0.15, 0.2) is 0 Å². The number of carboxylic acid groups (broad SMARTS) is 1. The fraction of sp³-hybridized carbons (Fsp3) is 0.250. The van der Waals surface area contributed by atoms with E-state index < -0.39 is 16.0 Å². The Morgan fingerprint density at radius 2 is 1.88 bits per heavy atom. The van der Waals surface area contributed by atoms with Gasteiger partial charge in [-0.1, -0.05) is 18.2 Å². The lowest BCUT2D eigenvalue weighted by Gasteiger charge is -2.26. The Kier molecular flexibility index (Phi) is 5.51.